The number of aromatic nitrogens is 1. The Kier molecular flexibility index (Phi) is 8.15. The second-order valence-corrected chi connectivity index (χ2v) is 12.8. The van der Waals surface area contributed by atoms with Crippen molar-refractivity contribution < 1.29 is 14.3 Å². The zero-order chi connectivity index (χ0) is 28.4. The first-order chi connectivity index (χ1) is 19.1. The fourth-order valence-corrected chi connectivity index (χ4v) is 6.74. The highest BCUT2D eigenvalue weighted by atomic mass is 35.5. The van der Waals surface area contributed by atoms with Gasteiger partial charge < -0.3 is 14.6 Å². The van der Waals surface area contributed by atoms with Gasteiger partial charge in [0.15, 0.2) is 0 Å². The number of benzene rings is 2. The van der Waals surface area contributed by atoms with E-state index in [4.69, 9.17) is 21.3 Å². The maximum absolute atomic E-state index is 13.7. The predicted molar refractivity (Wildman–Crippen MR) is 165 cm³/mol. The number of para-hydroxylation sites is 1. The third-order valence-electron chi connectivity index (χ3n) is 7.55. The van der Waals surface area contributed by atoms with Crippen LogP contribution in [0.3, 0.4) is 0 Å². The van der Waals surface area contributed by atoms with Crippen LogP contribution in [0.25, 0.3) is 10.9 Å². The minimum atomic E-state index is -0.285. The van der Waals surface area contributed by atoms with Gasteiger partial charge in [0.1, 0.15) is 11.5 Å². The van der Waals surface area contributed by atoms with Crippen molar-refractivity contribution in [1.82, 2.24) is 4.57 Å². The van der Waals surface area contributed by atoms with E-state index in [0.717, 1.165) is 41.3 Å². The second kappa shape index (κ2) is 11.6. The van der Waals surface area contributed by atoms with Gasteiger partial charge in [0.25, 0.3) is 5.91 Å². The van der Waals surface area contributed by atoms with Gasteiger partial charge in [-0.2, -0.15) is 0 Å². The molecule has 1 aliphatic rings. The Labute approximate surface area is 244 Å². The quantitative estimate of drug-likeness (QED) is 0.179. The summed E-state index contributed by atoms with van der Waals surface area (Å²) in [5.74, 6) is 0.0988. The summed E-state index contributed by atoms with van der Waals surface area (Å²) in [6, 6.07) is 15.0. The number of hydrogen-bond donors (Lipinski definition) is 1. The van der Waals surface area contributed by atoms with Gasteiger partial charge in [-0.1, -0.05) is 50.6 Å². The minimum Gasteiger partial charge on any atom is -0.465 e. The van der Waals surface area contributed by atoms with Gasteiger partial charge in [0, 0.05) is 44.5 Å². The van der Waals surface area contributed by atoms with Crippen LogP contribution in [0.4, 0.5) is 10.7 Å². The molecule has 6 nitrogen and oxygen atoms in total. The molecule has 4 aromatic rings. The number of ether oxygens (including phenoxy) is 1. The number of nitrogens with one attached hydrogen (secondary N) is 1. The molecule has 0 aliphatic heterocycles. The molecule has 40 heavy (non-hydrogen) atoms. The topological polar surface area (TPSA) is 72.7 Å². The van der Waals surface area contributed by atoms with Crippen LogP contribution < -0.4 is 5.32 Å². The number of amides is 1. The van der Waals surface area contributed by atoms with E-state index in [1.54, 1.807) is 42.5 Å². The van der Waals surface area contributed by atoms with Gasteiger partial charge in [-0.25, -0.2) is 4.99 Å². The van der Waals surface area contributed by atoms with Crippen LogP contribution in [-0.2, 0) is 28.9 Å². The molecule has 1 atom stereocenters. The standard InChI is InChI=1S/C32H34ClN3O3S/c1-5-39-28(37)19-36-18-20(24-8-6-7-9-26(24)36)17-34-31-29(30(38)35-23-13-11-22(33)12-14-23)25-15-10-21(32(2,3)4)16-27(25)40-31/h6-9,11-14,17-18,21H,5,10,15-16,19H2,1-4H3,(H,35,38)/t21-/m0/s1. The third kappa shape index (κ3) is 6.01. The molecule has 2 aromatic heterocycles. The highest BCUT2D eigenvalue weighted by Gasteiger charge is 2.33. The lowest BCUT2D eigenvalue weighted by Crippen LogP contribution is -2.27. The van der Waals surface area contributed by atoms with Crippen molar-refractivity contribution in [1.29, 1.82) is 0 Å². The molecule has 0 spiro atoms. The molecule has 0 saturated heterocycles. The van der Waals surface area contributed by atoms with E-state index in [-0.39, 0.29) is 23.8 Å². The van der Waals surface area contributed by atoms with Gasteiger partial charge in [0.2, 0.25) is 0 Å². The molecule has 2 aromatic carbocycles. The molecule has 1 aliphatic carbocycles. The number of halogens is 1. The van der Waals surface area contributed by atoms with Crippen LogP contribution in [0.2, 0.25) is 5.02 Å². The zero-order valence-corrected chi connectivity index (χ0v) is 24.9. The number of esters is 1. The second-order valence-electron chi connectivity index (χ2n) is 11.2. The maximum Gasteiger partial charge on any atom is 0.325 e. The van der Waals surface area contributed by atoms with E-state index in [1.807, 2.05) is 41.2 Å². The van der Waals surface area contributed by atoms with E-state index in [1.165, 1.54) is 4.88 Å². The number of carbonyl (C=O) groups excluding carboxylic acids is 2. The van der Waals surface area contributed by atoms with Crippen LogP contribution in [0.1, 0.15) is 60.5 Å². The number of hydrogen-bond acceptors (Lipinski definition) is 5. The number of rotatable bonds is 7. The minimum absolute atomic E-state index is 0.123. The lowest BCUT2D eigenvalue weighted by molar-refractivity contribution is -0.143. The summed E-state index contributed by atoms with van der Waals surface area (Å²) in [5.41, 5.74) is 4.44. The van der Waals surface area contributed by atoms with Gasteiger partial charge in [-0.05, 0) is 73.4 Å². The van der Waals surface area contributed by atoms with E-state index < -0.39 is 0 Å². The molecule has 0 saturated carbocycles. The first kappa shape index (κ1) is 28.1. The Morgan fingerprint density at radius 2 is 1.93 bits per heavy atom. The Hall–Kier alpha value is -3.42. The average Bonchev–Trinajstić information content (AvgIpc) is 3.46. The molecular formula is C32H34ClN3O3S. The zero-order valence-electron chi connectivity index (χ0n) is 23.3. The summed E-state index contributed by atoms with van der Waals surface area (Å²) in [5, 5.41) is 5.35. The highest BCUT2D eigenvalue weighted by Crippen LogP contribution is 2.45. The van der Waals surface area contributed by atoms with Crippen molar-refractivity contribution in [3.63, 3.8) is 0 Å². The lowest BCUT2D eigenvalue weighted by Gasteiger charge is -2.33. The molecule has 208 valence electrons. The van der Waals surface area contributed by atoms with Crippen molar-refractivity contribution >= 4 is 62.6 Å². The molecule has 0 radical (unpaired) electrons. The summed E-state index contributed by atoms with van der Waals surface area (Å²) in [6.07, 6.45) is 6.56. The smallest absolute Gasteiger partial charge is 0.325 e. The Balaban J connectivity index is 1.52. The molecule has 5 rings (SSSR count). The van der Waals surface area contributed by atoms with Crippen LogP contribution in [-0.4, -0.2) is 29.3 Å². The molecule has 1 N–H and O–H groups in total. The molecule has 0 unspecified atom stereocenters. The normalized spacial score (nSPS) is 15.4. The van der Waals surface area contributed by atoms with E-state index in [2.05, 4.69) is 26.1 Å². The fourth-order valence-electron chi connectivity index (χ4n) is 5.35. The first-order valence-electron chi connectivity index (χ1n) is 13.6. The predicted octanol–water partition coefficient (Wildman–Crippen LogP) is 8.07. The molecule has 1 amide bonds. The van der Waals surface area contributed by atoms with Crippen molar-refractivity contribution in [2.24, 2.45) is 16.3 Å². The monoisotopic (exact) mass is 575 g/mol. The molecule has 0 bridgehead atoms. The SMILES string of the molecule is CCOC(=O)Cn1cc(C=Nc2sc3c(c2C(=O)Nc2ccc(Cl)cc2)CC[C@H](C(C)(C)C)C3)c2ccccc21. The number of carbonyl (C=O) groups is 2. The van der Waals surface area contributed by atoms with Crippen LogP contribution in [0, 0.1) is 11.3 Å². The molecule has 2 heterocycles. The highest BCUT2D eigenvalue weighted by molar-refractivity contribution is 7.16. The van der Waals surface area contributed by atoms with Crippen molar-refractivity contribution in [2.75, 3.05) is 11.9 Å². The van der Waals surface area contributed by atoms with Crippen LogP contribution in [0.15, 0.2) is 59.7 Å². The molecular weight excluding hydrogens is 542 g/mol. The van der Waals surface area contributed by atoms with Crippen LogP contribution >= 0.6 is 22.9 Å². The average molecular weight is 576 g/mol. The van der Waals surface area contributed by atoms with Crippen molar-refractivity contribution in [3.05, 3.63) is 81.3 Å². The van der Waals surface area contributed by atoms with E-state index in [9.17, 15) is 9.59 Å². The largest absolute Gasteiger partial charge is 0.465 e. The molecule has 0 fully saturated rings. The Bertz CT molecular complexity index is 1580. The maximum atomic E-state index is 13.7. The summed E-state index contributed by atoms with van der Waals surface area (Å²) in [7, 11) is 0. The van der Waals surface area contributed by atoms with Gasteiger partial charge in [-0.3, -0.25) is 9.59 Å². The number of anilines is 1. The number of nitrogens with zero attached hydrogens (tertiary/aromatic N) is 2. The fraction of sp³-hybridized carbons (Fsp3) is 0.344. The van der Waals surface area contributed by atoms with Crippen molar-refractivity contribution in [2.45, 2.75) is 53.5 Å². The third-order valence-corrected chi connectivity index (χ3v) is 8.96. The summed E-state index contributed by atoms with van der Waals surface area (Å²) in [6.45, 7) is 9.13. The number of fused-ring (bicyclic) bond motifs is 2. The van der Waals surface area contributed by atoms with Crippen LogP contribution in [0.5, 0.6) is 0 Å². The summed E-state index contributed by atoms with van der Waals surface area (Å²) >= 11 is 7.66. The van der Waals surface area contributed by atoms with Crippen molar-refractivity contribution in [3.8, 4) is 0 Å². The summed E-state index contributed by atoms with van der Waals surface area (Å²) in [4.78, 5) is 32.0. The number of thiophene rings is 1. The van der Waals surface area contributed by atoms with Gasteiger partial charge >= 0.3 is 5.97 Å². The summed E-state index contributed by atoms with van der Waals surface area (Å²) < 4.78 is 7.05. The lowest BCUT2D eigenvalue weighted by atomic mass is 9.72. The van der Waals surface area contributed by atoms with Gasteiger partial charge in [-0.15, -0.1) is 11.3 Å². The van der Waals surface area contributed by atoms with Gasteiger partial charge in [0.05, 0.1) is 12.2 Å². The van der Waals surface area contributed by atoms with E-state index in [0.29, 0.717) is 33.8 Å². The van der Waals surface area contributed by atoms with E-state index >= 15 is 0 Å². The Morgan fingerprint density at radius 1 is 1.18 bits per heavy atom. The Morgan fingerprint density at radius 3 is 2.65 bits per heavy atom. The first-order valence-corrected chi connectivity index (χ1v) is 14.8. The molecule has 8 heteroatoms. The number of aliphatic imine (C=N–C) groups is 1.